The maximum Gasteiger partial charge on any atom is 0.262 e. The molecule has 0 fully saturated rings. The molecule has 0 radical (unpaired) electrons. The second kappa shape index (κ2) is 8.68. The van der Waals surface area contributed by atoms with Gasteiger partial charge in [-0.3, -0.25) is 9.52 Å². The van der Waals surface area contributed by atoms with Gasteiger partial charge in [-0.05, 0) is 30.3 Å². The summed E-state index contributed by atoms with van der Waals surface area (Å²) in [5, 5.41) is 12.2. The van der Waals surface area contributed by atoms with Crippen molar-refractivity contribution in [3.63, 3.8) is 0 Å². The zero-order valence-corrected chi connectivity index (χ0v) is 17.5. The molecule has 0 saturated heterocycles. The Kier molecular flexibility index (Phi) is 6.72. The molecule has 2 rings (SSSR count). The highest BCUT2D eigenvalue weighted by Crippen LogP contribution is 2.30. The lowest BCUT2D eigenvalue weighted by atomic mass is 10.3. The average Bonchev–Trinajstić information content (AvgIpc) is 2.62. The van der Waals surface area contributed by atoms with E-state index in [2.05, 4.69) is 10.0 Å². The van der Waals surface area contributed by atoms with Crippen LogP contribution in [0.5, 0.6) is 11.5 Å². The minimum Gasteiger partial charge on any atom is -0.506 e. The number of phenolic OH excluding ortho intramolecular Hbond substituents is 1. The summed E-state index contributed by atoms with van der Waals surface area (Å²) in [6.07, 6.45) is 0.939. The van der Waals surface area contributed by atoms with Crippen LogP contribution in [0.4, 0.5) is 11.4 Å². The monoisotopic (exact) mass is 443 g/mol. The molecule has 0 aliphatic rings. The highest BCUT2D eigenvalue weighted by Gasteiger charge is 2.20. The molecule has 3 N–H and O–H groups in total. The third kappa shape index (κ3) is 5.82. The Morgan fingerprint density at radius 3 is 2.38 bits per heavy atom. The minimum absolute atomic E-state index is 0.181. The number of carbonyl (C=O) groups is 1. The van der Waals surface area contributed by atoms with Crippen LogP contribution in [0.25, 0.3) is 0 Å². The van der Waals surface area contributed by atoms with Crippen LogP contribution < -0.4 is 14.8 Å². The van der Waals surface area contributed by atoms with E-state index >= 15 is 0 Å². The molecule has 0 unspecified atom stereocenters. The SMILES string of the molecule is COc1ccccc1NS(=O)(=O)c1ccc(O)c(NC(=O)CN(C)S(C)(=O)=O)c1. The lowest BCUT2D eigenvalue weighted by molar-refractivity contribution is -0.116. The topological polar surface area (TPSA) is 142 Å². The Balaban J connectivity index is 2.26. The van der Waals surface area contributed by atoms with Gasteiger partial charge in [0.05, 0.1) is 36.2 Å². The van der Waals surface area contributed by atoms with E-state index in [9.17, 15) is 26.7 Å². The fourth-order valence-corrected chi connectivity index (χ4v) is 3.67. The van der Waals surface area contributed by atoms with E-state index in [1.807, 2.05) is 0 Å². The number of sulfonamides is 2. The van der Waals surface area contributed by atoms with E-state index in [1.165, 1.54) is 20.2 Å². The van der Waals surface area contributed by atoms with Crippen molar-refractivity contribution in [2.45, 2.75) is 4.90 Å². The lowest BCUT2D eigenvalue weighted by Gasteiger charge is -2.15. The van der Waals surface area contributed by atoms with Crippen molar-refractivity contribution in [1.29, 1.82) is 0 Å². The summed E-state index contributed by atoms with van der Waals surface area (Å²) >= 11 is 0. The van der Waals surface area contributed by atoms with Gasteiger partial charge in [0.2, 0.25) is 15.9 Å². The van der Waals surface area contributed by atoms with E-state index in [1.54, 1.807) is 18.2 Å². The number of rotatable bonds is 8. The molecule has 10 nitrogen and oxygen atoms in total. The Morgan fingerprint density at radius 2 is 1.76 bits per heavy atom. The van der Waals surface area contributed by atoms with Crippen molar-refractivity contribution in [3.8, 4) is 11.5 Å². The Hall–Kier alpha value is -2.83. The minimum atomic E-state index is -4.07. The number of likely N-dealkylation sites (N-methyl/N-ethyl adjacent to an activating group) is 1. The summed E-state index contributed by atoms with van der Waals surface area (Å²) in [7, 11) is -5.03. The van der Waals surface area contributed by atoms with Crippen molar-refractivity contribution < 1.29 is 31.5 Å². The van der Waals surface area contributed by atoms with Gasteiger partial charge >= 0.3 is 0 Å². The van der Waals surface area contributed by atoms with Gasteiger partial charge in [-0.2, -0.15) is 4.31 Å². The lowest BCUT2D eigenvalue weighted by Crippen LogP contribution is -2.34. The Labute approximate surface area is 169 Å². The second-order valence-electron chi connectivity index (χ2n) is 6.05. The van der Waals surface area contributed by atoms with Gasteiger partial charge in [0, 0.05) is 7.05 Å². The maximum atomic E-state index is 12.7. The van der Waals surface area contributed by atoms with E-state index in [0.29, 0.717) is 5.75 Å². The Bertz CT molecular complexity index is 1120. The number of carbonyl (C=O) groups excluding carboxylic acids is 1. The van der Waals surface area contributed by atoms with Crippen molar-refractivity contribution in [3.05, 3.63) is 42.5 Å². The molecule has 0 aliphatic carbocycles. The highest BCUT2D eigenvalue weighted by atomic mass is 32.2. The number of amides is 1. The molecule has 0 bridgehead atoms. The summed E-state index contributed by atoms with van der Waals surface area (Å²) < 4.78 is 56.4. The molecule has 0 heterocycles. The predicted octanol–water partition coefficient (Wildman–Crippen LogP) is 1.03. The van der Waals surface area contributed by atoms with Crippen LogP contribution in [-0.2, 0) is 24.8 Å². The van der Waals surface area contributed by atoms with Gasteiger partial charge in [-0.25, -0.2) is 16.8 Å². The summed E-state index contributed by atoms with van der Waals surface area (Å²) in [5.41, 5.74) is 0.0308. The van der Waals surface area contributed by atoms with Crippen LogP contribution >= 0.6 is 0 Å². The van der Waals surface area contributed by atoms with Gasteiger partial charge in [-0.15, -0.1) is 0 Å². The summed E-state index contributed by atoms with van der Waals surface area (Å²) in [4.78, 5) is 11.8. The number of aromatic hydroxyl groups is 1. The highest BCUT2D eigenvalue weighted by molar-refractivity contribution is 7.92. The number of ether oxygens (including phenoxy) is 1. The van der Waals surface area contributed by atoms with Gasteiger partial charge in [0.25, 0.3) is 10.0 Å². The summed E-state index contributed by atoms with van der Waals surface area (Å²) in [6, 6.07) is 9.72. The number of methoxy groups -OCH3 is 1. The van der Waals surface area contributed by atoms with Crippen molar-refractivity contribution in [2.75, 3.05) is 37.0 Å². The standard InChI is InChI=1S/C17H21N3O7S2/c1-20(28(3,23)24)11-17(22)18-14-10-12(8-9-15(14)21)29(25,26)19-13-6-4-5-7-16(13)27-2/h4-10,19,21H,11H2,1-3H3,(H,18,22). The number of para-hydroxylation sites is 2. The van der Waals surface area contributed by atoms with Crippen LogP contribution in [0.1, 0.15) is 0 Å². The zero-order chi connectivity index (χ0) is 21.8. The number of hydrogen-bond acceptors (Lipinski definition) is 7. The van der Waals surface area contributed by atoms with Crippen molar-refractivity contribution in [1.82, 2.24) is 4.31 Å². The number of nitrogens with zero attached hydrogens (tertiary/aromatic N) is 1. The molecule has 0 aliphatic heterocycles. The molecule has 2 aromatic rings. The van der Waals surface area contributed by atoms with Gasteiger partial charge < -0.3 is 15.2 Å². The predicted molar refractivity (Wildman–Crippen MR) is 108 cm³/mol. The largest absolute Gasteiger partial charge is 0.506 e. The quantitative estimate of drug-likeness (QED) is 0.517. The molecular formula is C17H21N3O7S2. The molecule has 0 aromatic heterocycles. The molecule has 29 heavy (non-hydrogen) atoms. The number of hydrogen-bond donors (Lipinski definition) is 3. The molecule has 0 atom stereocenters. The zero-order valence-electron chi connectivity index (χ0n) is 15.9. The van der Waals surface area contributed by atoms with Crippen LogP contribution in [-0.4, -0.2) is 59.1 Å². The third-order valence-electron chi connectivity index (χ3n) is 3.84. The van der Waals surface area contributed by atoms with Gasteiger partial charge in [0.1, 0.15) is 11.5 Å². The van der Waals surface area contributed by atoms with Gasteiger partial charge in [0.15, 0.2) is 0 Å². The summed E-state index contributed by atoms with van der Waals surface area (Å²) in [5.74, 6) is -0.816. The smallest absolute Gasteiger partial charge is 0.262 e. The molecule has 12 heteroatoms. The van der Waals surface area contributed by atoms with Crippen molar-refractivity contribution in [2.24, 2.45) is 0 Å². The first kappa shape index (κ1) is 22.5. The number of anilines is 2. The maximum absolute atomic E-state index is 12.7. The average molecular weight is 444 g/mol. The molecule has 2 aromatic carbocycles. The van der Waals surface area contributed by atoms with E-state index in [0.717, 1.165) is 28.8 Å². The van der Waals surface area contributed by atoms with Crippen LogP contribution in [0, 0.1) is 0 Å². The molecule has 158 valence electrons. The third-order valence-corrected chi connectivity index (χ3v) is 6.46. The Morgan fingerprint density at radius 1 is 1.10 bits per heavy atom. The first-order chi connectivity index (χ1) is 13.4. The normalized spacial score (nSPS) is 11.9. The van der Waals surface area contributed by atoms with E-state index in [4.69, 9.17) is 4.74 Å². The van der Waals surface area contributed by atoms with Crippen molar-refractivity contribution >= 4 is 37.3 Å². The molecule has 0 spiro atoms. The fraction of sp³-hybridized carbons (Fsp3) is 0.235. The second-order valence-corrected chi connectivity index (χ2v) is 9.82. The fourth-order valence-electron chi connectivity index (χ4n) is 2.22. The van der Waals surface area contributed by atoms with Crippen LogP contribution in [0.2, 0.25) is 0 Å². The first-order valence-electron chi connectivity index (χ1n) is 8.14. The molecular weight excluding hydrogens is 422 g/mol. The molecule has 1 amide bonds. The van der Waals surface area contributed by atoms with E-state index in [-0.39, 0.29) is 22.0 Å². The van der Waals surface area contributed by atoms with Crippen LogP contribution in [0.3, 0.4) is 0 Å². The molecule has 0 saturated carbocycles. The van der Waals surface area contributed by atoms with E-state index < -0.39 is 32.5 Å². The first-order valence-corrected chi connectivity index (χ1v) is 11.5. The number of benzene rings is 2. The van der Waals surface area contributed by atoms with Gasteiger partial charge in [-0.1, -0.05) is 12.1 Å². The van der Waals surface area contributed by atoms with Crippen LogP contribution in [0.15, 0.2) is 47.4 Å². The number of phenols is 1. The number of nitrogens with one attached hydrogen (secondary N) is 2. The summed E-state index contributed by atoms with van der Waals surface area (Å²) in [6.45, 7) is -0.505.